The van der Waals surface area contributed by atoms with Crippen LogP contribution in [0.2, 0.25) is 0 Å². The average Bonchev–Trinajstić information content (AvgIpc) is 3.57. The number of amidine groups is 1. The van der Waals surface area contributed by atoms with Crippen molar-refractivity contribution in [3.63, 3.8) is 0 Å². The van der Waals surface area contributed by atoms with Crippen molar-refractivity contribution in [2.24, 2.45) is 4.99 Å². The highest BCUT2D eigenvalue weighted by atomic mass is 14.8. The number of allylic oxidation sites excluding steroid dienone is 1. The molecule has 0 radical (unpaired) electrons. The van der Waals surface area contributed by atoms with Gasteiger partial charge in [0.15, 0.2) is 5.84 Å². The van der Waals surface area contributed by atoms with Crippen LogP contribution in [-0.4, -0.2) is 11.5 Å². The molecule has 0 fully saturated rings. The quantitative estimate of drug-likeness (QED) is 0.121. The molecule has 8 aromatic carbocycles. The average molecular weight is 703 g/mol. The van der Waals surface area contributed by atoms with Crippen molar-refractivity contribution in [1.29, 1.82) is 5.41 Å². The second-order valence-corrected chi connectivity index (χ2v) is 13.9. The highest BCUT2D eigenvalue weighted by Gasteiger charge is 2.45. The molecular formula is C53H38N2. The maximum atomic E-state index is 8.89. The Balaban J connectivity index is 1.00. The smallest absolute Gasteiger partial charge is 0.152 e. The van der Waals surface area contributed by atoms with E-state index >= 15 is 0 Å². The predicted octanol–water partition coefficient (Wildman–Crippen LogP) is 12.9. The Hall–Kier alpha value is -7.16. The summed E-state index contributed by atoms with van der Waals surface area (Å²) in [6.45, 7) is 0. The van der Waals surface area contributed by atoms with E-state index in [-0.39, 0.29) is 5.84 Å². The van der Waals surface area contributed by atoms with E-state index in [4.69, 9.17) is 10.4 Å². The summed E-state index contributed by atoms with van der Waals surface area (Å²) in [7, 11) is 0. The van der Waals surface area contributed by atoms with Crippen molar-refractivity contribution >= 4 is 17.6 Å². The van der Waals surface area contributed by atoms with E-state index in [0.29, 0.717) is 0 Å². The summed E-state index contributed by atoms with van der Waals surface area (Å²) < 4.78 is 0. The van der Waals surface area contributed by atoms with Gasteiger partial charge >= 0.3 is 0 Å². The highest BCUT2D eigenvalue weighted by Crippen LogP contribution is 2.56. The zero-order valence-corrected chi connectivity index (χ0v) is 30.3. The third-order valence-corrected chi connectivity index (χ3v) is 10.7. The van der Waals surface area contributed by atoms with Crippen LogP contribution in [0.25, 0.3) is 39.5 Å². The Kier molecular flexibility index (Phi) is 8.99. The first-order valence-corrected chi connectivity index (χ1v) is 18.7. The molecular weight excluding hydrogens is 665 g/mol. The van der Waals surface area contributed by atoms with E-state index < -0.39 is 5.41 Å². The topological polar surface area (TPSA) is 36.2 Å². The Labute approximate surface area is 323 Å². The maximum absolute atomic E-state index is 8.89. The van der Waals surface area contributed by atoms with Gasteiger partial charge in [-0.05, 0) is 73.3 Å². The van der Waals surface area contributed by atoms with Gasteiger partial charge < -0.3 is 0 Å². The molecule has 0 heterocycles. The van der Waals surface area contributed by atoms with Gasteiger partial charge in [-0.2, -0.15) is 0 Å². The number of aliphatic imine (C=N–C) groups is 1. The fraction of sp³-hybridized carbons (Fsp3) is 0.0189. The lowest BCUT2D eigenvalue weighted by Gasteiger charge is -2.33. The van der Waals surface area contributed by atoms with Gasteiger partial charge in [0.1, 0.15) is 0 Å². The van der Waals surface area contributed by atoms with Crippen LogP contribution in [0.5, 0.6) is 0 Å². The largest absolute Gasteiger partial charge is 0.282 e. The zero-order chi connectivity index (χ0) is 37.0. The van der Waals surface area contributed by atoms with Crippen molar-refractivity contribution in [1.82, 2.24) is 0 Å². The standard InChI is InChI=1S/C53H38N2/c54-52(55-51(42-17-7-2-8-18-42)36-25-38-15-5-1-6-16-38)43-32-30-40(31-33-43)39-26-28-41(29-27-39)44-34-35-50-48(37-44)47-23-13-14-24-49(47)53(50,45-19-9-3-10-20-45)46-21-11-4-12-22-46/h1-37,54H/b36-25+,54-52?,55-51+. The molecule has 1 aliphatic carbocycles. The molecule has 1 N–H and O–H groups in total. The fourth-order valence-corrected chi connectivity index (χ4v) is 8.04. The van der Waals surface area contributed by atoms with Crippen molar-refractivity contribution in [3.8, 4) is 33.4 Å². The Bertz CT molecular complexity index is 2620. The molecule has 9 rings (SSSR count). The monoisotopic (exact) mass is 702 g/mol. The van der Waals surface area contributed by atoms with Crippen molar-refractivity contribution < 1.29 is 0 Å². The number of fused-ring (bicyclic) bond motifs is 3. The number of benzene rings is 8. The molecule has 55 heavy (non-hydrogen) atoms. The van der Waals surface area contributed by atoms with Crippen LogP contribution < -0.4 is 0 Å². The van der Waals surface area contributed by atoms with E-state index in [0.717, 1.165) is 33.5 Å². The lowest BCUT2D eigenvalue weighted by molar-refractivity contribution is 0.768. The van der Waals surface area contributed by atoms with E-state index in [1.165, 1.54) is 44.5 Å². The normalized spacial score (nSPS) is 13.0. The Morgan fingerprint density at radius 3 is 1.51 bits per heavy atom. The molecule has 0 spiro atoms. The SMILES string of the molecule is N=C(/N=C(\C=C\c1ccccc1)c1ccccc1)c1ccc(-c2ccc(-c3ccc4c(c3)-c3ccccc3C4(c3ccccc3)c3ccccc3)cc2)cc1. The maximum Gasteiger partial charge on any atom is 0.152 e. The van der Waals surface area contributed by atoms with Crippen LogP contribution >= 0.6 is 0 Å². The summed E-state index contributed by atoms with van der Waals surface area (Å²) in [5.41, 5.74) is 15.5. The molecule has 260 valence electrons. The van der Waals surface area contributed by atoms with Gasteiger partial charge in [0, 0.05) is 11.1 Å². The van der Waals surface area contributed by atoms with Gasteiger partial charge in [0.25, 0.3) is 0 Å². The van der Waals surface area contributed by atoms with Crippen LogP contribution in [-0.2, 0) is 5.41 Å². The molecule has 0 bridgehead atoms. The Morgan fingerprint density at radius 2 is 0.891 bits per heavy atom. The van der Waals surface area contributed by atoms with E-state index in [9.17, 15) is 0 Å². The second kappa shape index (κ2) is 14.7. The van der Waals surface area contributed by atoms with E-state index in [1.807, 2.05) is 72.8 Å². The van der Waals surface area contributed by atoms with Gasteiger partial charge in [-0.1, -0.05) is 212 Å². The van der Waals surface area contributed by atoms with Gasteiger partial charge in [0.2, 0.25) is 0 Å². The second-order valence-electron chi connectivity index (χ2n) is 13.9. The molecule has 0 unspecified atom stereocenters. The number of nitrogens with zero attached hydrogens (tertiary/aromatic N) is 1. The minimum absolute atomic E-state index is 0.222. The minimum Gasteiger partial charge on any atom is -0.282 e. The van der Waals surface area contributed by atoms with Gasteiger partial charge in [0.05, 0.1) is 11.1 Å². The van der Waals surface area contributed by atoms with Crippen molar-refractivity contribution in [2.75, 3.05) is 0 Å². The van der Waals surface area contributed by atoms with Crippen LogP contribution in [0.4, 0.5) is 0 Å². The third kappa shape index (κ3) is 6.34. The van der Waals surface area contributed by atoms with Crippen LogP contribution in [0.3, 0.4) is 0 Å². The lowest BCUT2D eigenvalue weighted by atomic mass is 9.67. The fourth-order valence-electron chi connectivity index (χ4n) is 8.04. The zero-order valence-electron chi connectivity index (χ0n) is 30.3. The summed E-state index contributed by atoms with van der Waals surface area (Å²) in [5.74, 6) is 0.222. The van der Waals surface area contributed by atoms with Crippen molar-refractivity contribution in [2.45, 2.75) is 5.41 Å². The first-order valence-electron chi connectivity index (χ1n) is 18.7. The molecule has 2 nitrogen and oxygen atoms in total. The molecule has 8 aromatic rings. The van der Waals surface area contributed by atoms with Crippen LogP contribution in [0, 0.1) is 5.41 Å². The number of nitrogens with one attached hydrogen (secondary N) is 1. The van der Waals surface area contributed by atoms with Gasteiger partial charge in [-0.25, -0.2) is 4.99 Å². The predicted molar refractivity (Wildman–Crippen MR) is 230 cm³/mol. The van der Waals surface area contributed by atoms with Crippen molar-refractivity contribution in [3.05, 3.63) is 257 Å². The van der Waals surface area contributed by atoms with Gasteiger partial charge in [-0.3, -0.25) is 5.41 Å². The Morgan fingerprint density at radius 1 is 0.418 bits per heavy atom. The summed E-state index contributed by atoms with van der Waals surface area (Å²) >= 11 is 0. The third-order valence-electron chi connectivity index (χ3n) is 10.7. The van der Waals surface area contributed by atoms with Crippen LogP contribution in [0.1, 0.15) is 38.9 Å². The molecule has 2 heteroatoms. The summed E-state index contributed by atoms with van der Waals surface area (Å²) in [6.07, 6.45) is 4.02. The van der Waals surface area contributed by atoms with Crippen LogP contribution in [0.15, 0.2) is 223 Å². The number of rotatable bonds is 8. The summed E-state index contributed by atoms with van der Waals surface area (Å²) in [5, 5.41) is 8.89. The lowest BCUT2D eigenvalue weighted by Crippen LogP contribution is -2.28. The highest BCUT2D eigenvalue weighted by molar-refractivity contribution is 6.17. The molecule has 0 saturated carbocycles. The first-order chi connectivity index (χ1) is 27.2. The molecule has 0 atom stereocenters. The van der Waals surface area contributed by atoms with Gasteiger partial charge in [-0.15, -0.1) is 0 Å². The minimum atomic E-state index is -0.396. The molecule has 0 aromatic heterocycles. The summed E-state index contributed by atoms with van der Waals surface area (Å²) in [4.78, 5) is 4.77. The molecule has 1 aliphatic rings. The molecule has 0 saturated heterocycles. The van der Waals surface area contributed by atoms with E-state index in [2.05, 4.69) is 152 Å². The molecule has 0 amide bonds. The van der Waals surface area contributed by atoms with E-state index in [1.54, 1.807) is 0 Å². The summed E-state index contributed by atoms with van der Waals surface area (Å²) in [6, 6.07) is 74.9. The number of hydrogen-bond donors (Lipinski definition) is 1. The first kappa shape index (κ1) is 33.7. The molecule has 0 aliphatic heterocycles. The number of hydrogen-bond acceptors (Lipinski definition) is 1.